The fourth-order valence-corrected chi connectivity index (χ4v) is 2.03. The van der Waals surface area contributed by atoms with Gasteiger partial charge in [-0.25, -0.2) is 4.39 Å². The number of carbonyl (C=O) groups excluding carboxylic acids is 1. The molecule has 0 atom stereocenters. The van der Waals surface area contributed by atoms with Gasteiger partial charge in [0.05, 0.1) is 4.47 Å². The van der Waals surface area contributed by atoms with Gasteiger partial charge in [0, 0.05) is 11.5 Å². The zero-order valence-electron chi connectivity index (χ0n) is 8.89. The van der Waals surface area contributed by atoms with Crippen LogP contribution < -0.4 is 0 Å². The standard InChI is InChI=1S/C12H14BrFO/c1-3-8(4-2)12(15)9-6-5-7-10(14)11(9)13/h5-8H,3-4H2,1-2H3. The van der Waals surface area contributed by atoms with Gasteiger partial charge in [-0.05, 0) is 34.8 Å². The fourth-order valence-electron chi connectivity index (χ4n) is 1.57. The van der Waals surface area contributed by atoms with Crippen molar-refractivity contribution < 1.29 is 9.18 Å². The van der Waals surface area contributed by atoms with Crippen LogP contribution in [0.4, 0.5) is 4.39 Å². The normalized spacial score (nSPS) is 10.7. The van der Waals surface area contributed by atoms with Crippen molar-refractivity contribution in [2.75, 3.05) is 0 Å². The van der Waals surface area contributed by atoms with Gasteiger partial charge in [-0.15, -0.1) is 0 Å². The number of Topliss-reactive ketones (excluding diaryl/α,β-unsaturated/α-hetero) is 1. The SMILES string of the molecule is CCC(CC)C(=O)c1cccc(F)c1Br. The summed E-state index contributed by atoms with van der Waals surface area (Å²) in [5.41, 5.74) is 0.448. The van der Waals surface area contributed by atoms with E-state index in [2.05, 4.69) is 15.9 Å². The molecule has 15 heavy (non-hydrogen) atoms. The lowest BCUT2D eigenvalue weighted by molar-refractivity contribution is 0.0912. The highest BCUT2D eigenvalue weighted by atomic mass is 79.9. The number of ketones is 1. The van der Waals surface area contributed by atoms with E-state index < -0.39 is 0 Å². The van der Waals surface area contributed by atoms with Crippen molar-refractivity contribution in [1.82, 2.24) is 0 Å². The Balaban J connectivity index is 3.05. The first kappa shape index (κ1) is 12.4. The third-order valence-corrected chi connectivity index (χ3v) is 3.38. The molecule has 0 heterocycles. The molecule has 1 rings (SSSR count). The maximum absolute atomic E-state index is 13.2. The molecule has 3 heteroatoms. The molecule has 0 aliphatic rings. The predicted molar refractivity (Wildman–Crippen MR) is 62.5 cm³/mol. The van der Waals surface area contributed by atoms with Crippen molar-refractivity contribution >= 4 is 21.7 Å². The van der Waals surface area contributed by atoms with Gasteiger partial charge < -0.3 is 0 Å². The van der Waals surface area contributed by atoms with Crippen LogP contribution in [-0.2, 0) is 0 Å². The van der Waals surface area contributed by atoms with E-state index in [1.807, 2.05) is 13.8 Å². The maximum Gasteiger partial charge on any atom is 0.167 e. The summed E-state index contributed by atoms with van der Waals surface area (Å²) >= 11 is 3.11. The Labute approximate surface area is 97.8 Å². The summed E-state index contributed by atoms with van der Waals surface area (Å²) < 4.78 is 13.5. The fraction of sp³-hybridized carbons (Fsp3) is 0.417. The van der Waals surface area contributed by atoms with E-state index in [4.69, 9.17) is 0 Å². The molecule has 1 nitrogen and oxygen atoms in total. The van der Waals surface area contributed by atoms with E-state index in [1.54, 1.807) is 12.1 Å². The van der Waals surface area contributed by atoms with E-state index in [9.17, 15) is 9.18 Å². The lowest BCUT2D eigenvalue weighted by Crippen LogP contribution is -2.14. The van der Waals surface area contributed by atoms with Crippen LogP contribution in [0, 0.1) is 11.7 Å². The molecule has 0 aliphatic heterocycles. The molecule has 0 fully saturated rings. The Bertz CT molecular complexity index is 359. The van der Waals surface area contributed by atoms with Crippen LogP contribution in [0.25, 0.3) is 0 Å². The van der Waals surface area contributed by atoms with Crippen molar-refractivity contribution in [3.05, 3.63) is 34.1 Å². The highest BCUT2D eigenvalue weighted by molar-refractivity contribution is 9.10. The van der Waals surface area contributed by atoms with Gasteiger partial charge in [0.15, 0.2) is 5.78 Å². The molecule has 0 bridgehead atoms. The Hall–Kier alpha value is -0.700. The highest BCUT2D eigenvalue weighted by Crippen LogP contribution is 2.25. The van der Waals surface area contributed by atoms with Crippen LogP contribution in [0.5, 0.6) is 0 Å². The largest absolute Gasteiger partial charge is 0.294 e. The summed E-state index contributed by atoms with van der Waals surface area (Å²) in [4.78, 5) is 12.0. The van der Waals surface area contributed by atoms with Crippen LogP contribution >= 0.6 is 15.9 Å². The summed E-state index contributed by atoms with van der Waals surface area (Å²) in [7, 11) is 0. The monoisotopic (exact) mass is 272 g/mol. The summed E-state index contributed by atoms with van der Waals surface area (Å²) in [5, 5.41) is 0. The smallest absolute Gasteiger partial charge is 0.167 e. The Kier molecular flexibility index (Phi) is 4.45. The second-order valence-electron chi connectivity index (χ2n) is 3.48. The van der Waals surface area contributed by atoms with E-state index in [1.165, 1.54) is 6.07 Å². The predicted octanol–water partition coefficient (Wildman–Crippen LogP) is 4.21. The average molecular weight is 273 g/mol. The molecule has 82 valence electrons. The molecule has 1 aromatic carbocycles. The summed E-state index contributed by atoms with van der Waals surface area (Å²) in [5.74, 6) is -0.374. The summed E-state index contributed by atoms with van der Waals surface area (Å²) in [6.45, 7) is 3.94. The minimum atomic E-state index is -0.383. The molecule has 0 aliphatic carbocycles. The zero-order valence-corrected chi connectivity index (χ0v) is 10.5. The lowest BCUT2D eigenvalue weighted by atomic mass is 9.93. The molecule has 0 N–H and O–H groups in total. The minimum Gasteiger partial charge on any atom is -0.294 e. The quantitative estimate of drug-likeness (QED) is 0.751. The van der Waals surface area contributed by atoms with Crippen molar-refractivity contribution in [1.29, 1.82) is 0 Å². The van der Waals surface area contributed by atoms with E-state index in [-0.39, 0.29) is 22.0 Å². The summed E-state index contributed by atoms with van der Waals surface area (Å²) in [6, 6.07) is 4.57. The highest BCUT2D eigenvalue weighted by Gasteiger charge is 2.19. The molecule has 0 spiro atoms. The second-order valence-corrected chi connectivity index (χ2v) is 4.27. The first-order valence-corrected chi connectivity index (χ1v) is 5.89. The van der Waals surface area contributed by atoms with Crippen LogP contribution in [0.3, 0.4) is 0 Å². The van der Waals surface area contributed by atoms with Crippen LogP contribution in [0.15, 0.2) is 22.7 Å². The topological polar surface area (TPSA) is 17.1 Å². The first-order chi connectivity index (χ1) is 7.11. The van der Waals surface area contributed by atoms with Gasteiger partial charge >= 0.3 is 0 Å². The number of hydrogen-bond donors (Lipinski definition) is 0. The van der Waals surface area contributed by atoms with E-state index in [0.29, 0.717) is 5.56 Å². The molecular formula is C12H14BrFO. The van der Waals surface area contributed by atoms with E-state index in [0.717, 1.165) is 12.8 Å². The van der Waals surface area contributed by atoms with Gasteiger partial charge in [0.2, 0.25) is 0 Å². The zero-order chi connectivity index (χ0) is 11.4. The van der Waals surface area contributed by atoms with Gasteiger partial charge in [-0.3, -0.25) is 4.79 Å². The van der Waals surface area contributed by atoms with Crippen LogP contribution in [0.2, 0.25) is 0 Å². The van der Waals surface area contributed by atoms with Crippen LogP contribution in [0.1, 0.15) is 37.0 Å². The van der Waals surface area contributed by atoms with Crippen molar-refractivity contribution in [2.45, 2.75) is 26.7 Å². The average Bonchev–Trinajstić information content (AvgIpc) is 2.23. The Morgan fingerprint density at radius 2 is 2.00 bits per heavy atom. The Morgan fingerprint density at radius 3 is 2.53 bits per heavy atom. The molecule has 0 saturated carbocycles. The minimum absolute atomic E-state index is 0.0110. The number of rotatable bonds is 4. The van der Waals surface area contributed by atoms with Gasteiger partial charge in [0.25, 0.3) is 0 Å². The first-order valence-electron chi connectivity index (χ1n) is 5.10. The molecule has 0 unspecified atom stereocenters. The third kappa shape index (κ3) is 2.65. The number of benzene rings is 1. The molecule has 0 amide bonds. The molecule has 0 aromatic heterocycles. The molecule has 0 saturated heterocycles. The van der Waals surface area contributed by atoms with Crippen molar-refractivity contribution in [3.8, 4) is 0 Å². The number of halogens is 2. The van der Waals surface area contributed by atoms with E-state index >= 15 is 0 Å². The summed E-state index contributed by atoms with van der Waals surface area (Å²) in [6.07, 6.45) is 1.58. The lowest BCUT2D eigenvalue weighted by Gasteiger charge is -2.12. The number of carbonyl (C=O) groups is 1. The van der Waals surface area contributed by atoms with Gasteiger partial charge in [-0.2, -0.15) is 0 Å². The molecule has 0 radical (unpaired) electrons. The number of hydrogen-bond acceptors (Lipinski definition) is 1. The Morgan fingerprint density at radius 1 is 1.40 bits per heavy atom. The third-order valence-electron chi connectivity index (χ3n) is 2.57. The van der Waals surface area contributed by atoms with Gasteiger partial charge in [-0.1, -0.05) is 26.0 Å². The molecular weight excluding hydrogens is 259 g/mol. The van der Waals surface area contributed by atoms with Gasteiger partial charge in [0.1, 0.15) is 5.82 Å². The maximum atomic E-state index is 13.2. The van der Waals surface area contributed by atoms with Crippen molar-refractivity contribution in [2.24, 2.45) is 5.92 Å². The second kappa shape index (κ2) is 5.40. The van der Waals surface area contributed by atoms with Crippen LogP contribution in [-0.4, -0.2) is 5.78 Å². The van der Waals surface area contributed by atoms with Crippen molar-refractivity contribution in [3.63, 3.8) is 0 Å². The molecule has 1 aromatic rings.